The van der Waals surface area contributed by atoms with Crippen LogP contribution in [0.15, 0.2) is 54.7 Å². The standard InChI is InChI=1S/C27H21F6N3O2/c28-26(29,30)19-9-18(10-20(13-19)27(31,32)33)23-6-5-16(15-34-23)17-11-21(35-7-1-3-24(35)37)14-22(12-17)36-8-2-4-25(36)38/h5-6,9-15H,1-4,7-8H2. The van der Waals surface area contributed by atoms with E-state index in [0.29, 0.717) is 73.4 Å². The second kappa shape index (κ2) is 9.45. The van der Waals surface area contributed by atoms with Crippen molar-refractivity contribution < 1.29 is 35.9 Å². The molecule has 0 N–H and O–H groups in total. The zero-order chi connectivity index (χ0) is 27.2. The average Bonchev–Trinajstić information content (AvgIpc) is 3.50. The third-order valence-electron chi connectivity index (χ3n) is 6.65. The van der Waals surface area contributed by atoms with Gasteiger partial charge in [0.25, 0.3) is 0 Å². The molecule has 2 amide bonds. The van der Waals surface area contributed by atoms with Crippen molar-refractivity contribution in [1.29, 1.82) is 0 Å². The van der Waals surface area contributed by atoms with E-state index in [0.717, 1.165) is 0 Å². The third kappa shape index (κ3) is 5.09. The van der Waals surface area contributed by atoms with Crippen LogP contribution in [0.2, 0.25) is 0 Å². The van der Waals surface area contributed by atoms with Gasteiger partial charge in [-0.1, -0.05) is 6.07 Å². The first-order valence-electron chi connectivity index (χ1n) is 11.9. The molecule has 2 aliphatic rings. The lowest BCUT2D eigenvalue weighted by molar-refractivity contribution is -0.143. The summed E-state index contributed by atoms with van der Waals surface area (Å²) in [6, 6.07) is 9.52. The Hall–Kier alpha value is -3.89. The maximum Gasteiger partial charge on any atom is 0.416 e. The van der Waals surface area contributed by atoms with Crippen molar-refractivity contribution in [2.75, 3.05) is 22.9 Å². The lowest BCUT2D eigenvalue weighted by Crippen LogP contribution is -2.26. The Morgan fingerprint density at radius 3 is 1.55 bits per heavy atom. The number of aromatic nitrogens is 1. The molecule has 0 atom stereocenters. The van der Waals surface area contributed by atoms with Gasteiger partial charge in [-0.2, -0.15) is 26.3 Å². The van der Waals surface area contributed by atoms with Crippen molar-refractivity contribution in [1.82, 2.24) is 4.98 Å². The van der Waals surface area contributed by atoms with Gasteiger partial charge in [-0.25, -0.2) is 0 Å². The number of hydrogen-bond donors (Lipinski definition) is 0. The maximum absolute atomic E-state index is 13.3. The van der Waals surface area contributed by atoms with E-state index in [4.69, 9.17) is 0 Å². The highest BCUT2D eigenvalue weighted by Gasteiger charge is 2.37. The molecule has 0 radical (unpaired) electrons. The number of amides is 2. The highest BCUT2D eigenvalue weighted by atomic mass is 19.4. The summed E-state index contributed by atoms with van der Waals surface area (Å²) in [5, 5.41) is 0. The quantitative estimate of drug-likeness (QED) is 0.351. The van der Waals surface area contributed by atoms with Crippen molar-refractivity contribution >= 4 is 23.2 Å². The summed E-state index contributed by atoms with van der Waals surface area (Å²) in [5.74, 6) is -0.0846. The van der Waals surface area contributed by atoms with Gasteiger partial charge in [0, 0.05) is 54.6 Å². The molecule has 3 aromatic rings. The van der Waals surface area contributed by atoms with Gasteiger partial charge in [-0.3, -0.25) is 14.6 Å². The summed E-state index contributed by atoms with van der Waals surface area (Å²) in [4.78, 5) is 32.2. The monoisotopic (exact) mass is 533 g/mol. The predicted octanol–water partition coefficient (Wildman–Crippen LogP) is 6.71. The van der Waals surface area contributed by atoms with Gasteiger partial charge in [-0.05, 0) is 60.9 Å². The van der Waals surface area contributed by atoms with Crippen molar-refractivity contribution in [3.8, 4) is 22.4 Å². The minimum atomic E-state index is -4.97. The number of alkyl halides is 6. The third-order valence-corrected chi connectivity index (χ3v) is 6.65. The molecule has 2 fully saturated rings. The smallest absolute Gasteiger partial charge is 0.312 e. The highest BCUT2D eigenvalue weighted by molar-refractivity contribution is 6.00. The first-order valence-corrected chi connectivity index (χ1v) is 11.9. The van der Waals surface area contributed by atoms with Crippen molar-refractivity contribution in [3.63, 3.8) is 0 Å². The fourth-order valence-corrected chi connectivity index (χ4v) is 4.75. The number of anilines is 2. The summed E-state index contributed by atoms with van der Waals surface area (Å²) in [6.07, 6.45) is -6.35. The van der Waals surface area contributed by atoms with E-state index >= 15 is 0 Å². The van der Waals surface area contributed by atoms with Gasteiger partial charge >= 0.3 is 12.4 Å². The number of halogens is 6. The van der Waals surface area contributed by atoms with E-state index in [2.05, 4.69) is 4.98 Å². The minimum absolute atomic E-state index is 0.0423. The largest absolute Gasteiger partial charge is 0.416 e. The van der Waals surface area contributed by atoms with Gasteiger partial charge in [0.2, 0.25) is 11.8 Å². The Labute approximate surface area is 213 Å². The van der Waals surface area contributed by atoms with E-state index in [-0.39, 0.29) is 29.1 Å². The molecular weight excluding hydrogens is 512 g/mol. The second-order valence-corrected chi connectivity index (χ2v) is 9.26. The van der Waals surface area contributed by atoms with Crippen LogP contribution in [0.4, 0.5) is 37.7 Å². The SMILES string of the molecule is O=C1CCCN1c1cc(-c2ccc(-c3cc(C(F)(F)F)cc(C(F)(F)F)c3)nc2)cc(N2CCCC2=O)c1. The van der Waals surface area contributed by atoms with Crippen LogP contribution in [0.5, 0.6) is 0 Å². The Bertz CT molecular complexity index is 1320. The van der Waals surface area contributed by atoms with E-state index in [1.165, 1.54) is 18.3 Å². The lowest BCUT2D eigenvalue weighted by atomic mass is 10.0. The second-order valence-electron chi connectivity index (χ2n) is 9.26. The van der Waals surface area contributed by atoms with Crippen LogP contribution >= 0.6 is 0 Å². The number of carbonyl (C=O) groups is 2. The molecule has 0 aliphatic carbocycles. The molecule has 2 saturated heterocycles. The van der Waals surface area contributed by atoms with Gasteiger partial charge in [0.05, 0.1) is 16.8 Å². The summed E-state index contributed by atoms with van der Waals surface area (Å²) >= 11 is 0. The Morgan fingerprint density at radius 1 is 0.632 bits per heavy atom. The molecule has 0 bridgehead atoms. The van der Waals surface area contributed by atoms with Crippen LogP contribution < -0.4 is 9.80 Å². The number of rotatable bonds is 4. The highest BCUT2D eigenvalue weighted by Crippen LogP contribution is 2.39. The van der Waals surface area contributed by atoms with E-state index in [9.17, 15) is 35.9 Å². The van der Waals surface area contributed by atoms with Crippen LogP contribution in [-0.4, -0.2) is 29.9 Å². The fraction of sp³-hybridized carbons (Fsp3) is 0.296. The van der Waals surface area contributed by atoms with Crippen LogP contribution in [0, 0.1) is 0 Å². The van der Waals surface area contributed by atoms with Crippen LogP contribution in [0.1, 0.15) is 36.8 Å². The Balaban J connectivity index is 1.55. The van der Waals surface area contributed by atoms with Crippen molar-refractivity contribution in [3.05, 3.63) is 65.9 Å². The predicted molar refractivity (Wildman–Crippen MR) is 128 cm³/mol. The number of benzene rings is 2. The summed E-state index contributed by atoms with van der Waals surface area (Å²) in [6.45, 7) is 1.06. The summed E-state index contributed by atoms with van der Waals surface area (Å²) in [7, 11) is 0. The topological polar surface area (TPSA) is 53.5 Å². The zero-order valence-electron chi connectivity index (χ0n) is 19.9. The molecule has 0 unspecified atom stereocenters. The van der Waals surface area contributed by atoms with Crippen LogP contribution in [-0.2, 0) is 21.9 Å². The number of nitrogens with zero attached hydrogens (tertiary/aromatic N) is 3. The normalized spacial score (nSPS) is 16.6. The molecule has 0 spiro atoms. The van der Waals surface area contributed by atoms with Crippen molar-refractivity contribution in [2.45, 2.75) is 38.0 Å². The molecule has 1 aromatic heterocycles. The van der Waals surface area contributed by atoms with Gasteiger partial charge in [0.15, 0.2) is 0 Å². The van der Waals surface area contributed by atoms with Gasteiger partial charge in [-0.15, -0.1) is 0 Å². The maximum atomic E-state index is 13.3. The number of carbonyl (C=O) groups excluding carboxylic acids is 2. The molecule has 0 saturated carbocycles. The molecule has 11 heteroatoms. The van der Waals surface area contributed by atoms with Gasteiger partial charge in [0.1, 0.15) is 0 Å². The van der Waals surface area contributed by atoms with Crippen molar-refractivity contribution in [2.24, 2.45) is 0 Å². The molecule has 2 aromatic carbocycles. The lowest BCUT2D eigenvalue weighted by Gasteiger charge is -2.22. The van der Waals surface area contributed by atoms with E-state index in [1.807, 2.05) is 0 Å². The molecule has 5 nitrogen and oxygen atoms in total. The fourth-order valence-electron chi connectivity index (χ4n) is 4.75. The summed E-state index contributed by atoms with van der Waals surface area (Å²) in [5.41, 5.74) is -0.876. The minimum Gasteiger partial charge on any atom is -0.312 e. The van der Waals surface area contributed by atoms with Crippen LogP contribution in [0.25, 0.3) is 22.4 Å². The Morgan fingerprint density at radius 2 is 1.16 bits per heavy atom. The first kappa shape index (κ1) is 25.7. The van der Waals surface area contributed by atoms with E-state index in [1.54, 1.807) is 28.0 Å². The summed E-state index contributed by atoms with van der Waals surface area (Å²) < 4.78 is 79.7. The molecule has 198 valence electrons. The Kier molecular flexibility index (Phi) is 6.40. The molecule has 2 aliphatic heterocycles. The number of pyridine rings is 1. The zero-order valence-corrected chi connectivity index (χ0v) is 19.9. The first-order chi connectivity index (χ1) is 17.9. The average molecular weight is 533 g/mol. The van der Waals surface area contributed by atoms with E-state index < -0.39 is 23.5 Å². The molecule has 3 heterocycles. The van der Waals surface area contributed by atoms with Gasteiger partial charge < -0.3 is 9.80 Å². The molecule has 38 heavy (non-hydrogen) atoms. The molecule has 5 rings (SSSR count). The van der Waals surface area contributed by atoms with Crippen LogP contribution in [0.3, 0.4) is 0 Å². The number of hydrogen-bond acceptors (Lipinski definition) is 3. The molecular formula is C27H21F6N3O2.